The number of pyridine rings is 2. The summed E-state index contributed by atoms with van der Waals surface area (Å²) in [5, 5.41) is 5.21. The first-order chi connectivity index (χ1) is 17.3. The predicted octanol–water partition coefficient (Wildman–Crippen LogP) is 3.81. The number of likely N-dealkylation sites (tertiary alicyclic amines) is 1. The van der Waals surface area contributed by atoms with E-state index in [9.17, 15) is 23.2 Å². The molecule has 1 saturated heterocycles. The Balaban J connectivity index is 1.55. The lowest BCUT2D eigenvalue weighted by Crippen LogP contribution is -2.45. The fourth-order valence-corrected chi connectivity index (χ4v) is 4.04. The maximum Gasteiger partial charge on any atom is 0.322 e. The lowest BCUT2D eigenvalue weighted by Gasteiger charge is -2.24. The van der Waals surface area contributed by atoms with Crippen LogP contribution in [0.4, 0.5) is 25.1 Å². The van der Waals surface area contributed by atoms with Gasteiger partial charge >= 0.3 is 6.03 Å². The number of ether oxygens (including phenoxy) is 1. The van der Waals surface area contributed by atoms with Crippen LogP contribution in [0, 0.1) is 11.6 Å². The van der Waals surface area contributed by atoms with E-state index < -0.39 is 47.0 Å². The Morgan fingerprint density at radius 1 is 1.17 bits per heavy atom. The van der Waals surface area contributed by atoms with Crippen molar-refractivity contribution in [3.05, 3.63) is 81.9 Å². The minimum atomic E-state index is -1.08. The molecule has 9 nitrogen and oxygen atoms in total. The Morgan fingerprint density at radius 2 is 1.92 bits per heavy atom. The van der Waals surface area contributed by atoms with Gasteiger partial charge in [-0.1, -0.05) is 17.7 Å². The smallest absolute Gasteiger partial charge is 0.322 e. The number of rotatable bonds is 6. The van der Waals surface area contributed by atoms with Crippen LogP contribution in [-0.2, 0) is 9.53 Å². The molecule has 4 rings (SSSR count). The summed E-state index contributed by atoms with van der Waals surface area (Å²) in [7, 11) is 0. The second-order valence-electron chi connectivity index (χ2n) is 7.96. The van der Waals surface area contributed by atoms with Gasteiger partial charge in [0, 0.05) is 50.2 Å². The Kier molecular flexibility index (Phi) is 7.61. The van der Waals surface area contributed by atoms with E-state index in [2.05, 4.69) is 15.6 Å². The van der Waals surface area contributed by atoms with E-state index in [1.54, 1.807) is 19.1 Å². The van der Waals surface area contributed by atoms with Gasteiger partial charge < -0.3 is 20.3 Å². The Labute approximate surface area is 209 Å². The molecule has 0 radical (unpaired) electrons. The quantitative estimate of drug-likeness (QED) is 0.517. The number of halogens is 3. The van der Waals surface area contributed by atoms with Gasteiger partial charge in [0.25, 0.3) is 5.56 Å². The molecule has 1 fully saturated rings. The lowest BCUT2D eigenvalue weighted by atomic mass is 10.2. The van der Waals surface area contributed by atoms with Crippen LogP contribution in [-0.4, -0.2) is 51.7 Å². The van der Waals surface area contributed by atoms with E-state index in [-0.39, 0.29) is 24.5 Å². The van der Waals surface area contributed by atoms with Gasteiger partial charge in [-0.2, -0.15) is 0 Å². The van der Waals surface area contributed by atoms with Crippen LogP contribution in [0.1, 0.15) is 13.3 Å². The number of carbonyl (C=O) groups is 2. The molecule has 1 aromatic carbocycles. The zero-order chi connectivity index (χ0) is 25.8. The molecule has 1 aliphatic heterocycles. The molecule has 36 heavy (non-hydrogen) atoms. The van der Waals surface area contributed by atoms with Crippen LogP contribution in [0.2, 0.25) is 5.02 Å². The number of aromatic nitrogens is 2. The van der Waals surface area contributed by atoms with E-state index in [0.29, 0.717) is 11.6 Å². The highest BCUT2D eigenvalue weighted by Gasteiger charge is 2.40. The second-order valence-corrected chi connectivity index (χ2v) is 8.39. The number of hydrogen-bond acceptors (Lipinski definition) is 5. The molecule has 2 N–H and O–H groups in total. The van der Waals surface area contributed by atoms with E-state index in [1.165, 1.54) is 30.6 Å². The molecule has 0 aliphatic carbocycles. The zero-order valence-corrected chi connectivity index (χ0v) is 19.8. The first-order valence-electron chi connectivity index (χ1n) is 11.1. The minimum Gasteiger partial charge on any atom is -0.377 e. The third-order valence-electron chi connectivity index (χ3n) is 5.57. The van der Waals surface area contributed by atoms with Crippen molar-refractivity contribution in [3.63, 3.8) is 0 Å². The van der Waals surface area contributed by atoms with Gasteiger partial charge in [-0.25, -0.2) is 18.6 Å². The monoisotopic (exact) mass is 517 g/mol. The SMILES string of the molecule is CCO[C@@H]1C[C@H](C(=O)Nc2ccc(Cl)cn2)N(C(=O)Nc2c(F)cc(-n3ccccc3=O)cc2F)C1. The molecule has 12 heteroatoms. The largest absolute Gasteiger partial charge is 0.377 e. The van der Waals surface area contributed by atoms with Crippen LogP contribution in [0.15, 0.2) is 59.7 Å². The average molecular weight is 518 g/mol. The first-order valence-corrected chi connectivity index (χ1v) is 11.4. The standard InChI is InChI=1S/C24H22ClF2N5O4/c1-2-36-16-11-19(23(34)29-20-7-6-14(25)12-28-20)32(13-16)24(35)30-22-17(26)9-15(10-18(22)27)31-8-4-3-5-21(31)33/h3-10,12,16,19H,2,11,13H2,1H3,(H,30,35)(H,28,29,34)/t16-,19-/m1/s1. The van der Waals surface area contributed by atoms with Gasteiger partial charge in [-0.15, -0.1) is 0 Å². The fraction of sp³-hybridized carbons (Fsp3) is 0.250. The first kappa shape index (κ1) is 25.3. The number of amides is 3. The van der Waals surface area contributed by atoms with E-state index in [0.717, 1.165) is 21.6 Å². The summed E-state index contributed by atoms with van der Waals surface area (Å²) in [4.78, 5) is 43.1. The molecule has 0 bridgehead atoms. The highest BCUT2D eigenvalue weighted by molar-refractivity contribution is 6.30. The van der Waals surface area contributed by atoms with Crippen molar-refractivity contribution in [2.75, 3.05) is 23.8 Å². The van der Waals surface area contributed by atoms with Crippen molar-refractivity contribution in [2.24, 2.45) is 0 Å². The minimum absolute atomic E-state index is 0.0343. The van der Waals surface area contributed by atoms with Crippen molar-refractivity contribution in [2.45, 2.75) is 25.5 Å². The molecule has 3 heterocycles. The summed E-state index contributed by atoms with van der Waals surface area (Å²) < 4.78 is 36.3. The molecule has 188 valence electrons. The topological polar surface area (TPSA) is 106 Å². The summed E-state index contributed by atoms with van der Waals surface area (Å²) in [6.07, 6.45) is 2.46. The van der Waals surface area contributed by atoms with Gasteiger partial charge in [0.1, 0.15) is 17.5 Å². The van der Waals surface area contributed by atoms with Crippen LogP contribution < -0.4 is 16.2 Å². The number of carbonyl (C=O) groups excluding carboxylic acids is 2. The number of hydrogen-bond donors (Lipinski definition) is 2. The van der Waals surface area contributed by atoms with E-state index >= 15 is 0 Å². The number of anilines is 2. The summed E-state index contributed by atoms with van der Waals surface area (Å²) >= 11 is 5.82. The van der Waals surface area contributed by atoms with Crippen molar-refractivity contribution in [3.8, 4) is 5.69 Å². The van der Waals surface area contributed by atoms with Crippen molar-refractivity contribution >= 4 is 35.0 Å². The lowest BCUT2D eigenvalue weighted by molar-refractivity contribution is -0.119. The molecule has 0 unspecified atom stereocenters. The molecule has 1 aliphatic rings. The predicted molar refractivity (Wildman–Crippen MR) is 129 cm³/mol. The van der Waals surface area contributed by atoms with Crippen molar-refractivity contribution in [1.82, 2.24) is 14.5 Å². The van der Waals surface area contributed by atoms with Crippen molar-refractivity contribution in [1.29, 1.82) is 0 Å². The maximum atomic E-state index is 14.8. The van der Waals surface area contributed by atoms with Gasteiger partial charge in [-0.05, 0) is 25.1 Å². The molecule has 3 aromatic rings. The molecule has 0 saturated carbocycles. The maximum absolute atomic E-state index is 14.8. The van der Waals surface area contributed by atoms with Gasteiger partial charge in [0.05, 0.1) is 16.8 Å². The molecule has 2 atom stereocenters. The summed E-state index contributed by atoms with van der Waals surface area (Å²) in [6.45, 7) is 2.17. The zero-order valence-electron chi connectivity index (χ0n) is 19.1. The Hall–Kier alpha value is -3.83. The van der Waals surface area contributed by atoms with Crippen LogP contribution in [0.25, 0.3) is 5.69 Å². The Morgan fingerprint density at radius 3 is 2.56 bits per heavy atom. The van der Waals surface area contributed by atoms with Crippen LogP contribution in [0.3, 0.4) is 0 Å². The highest BCUT2D eigenvalue weighted by Crippen LogP contribution is 2.26. The third kappa shape index (κ3) is 5.52. The molecule has 0 spiro atoms. The molecular formula is C24H22ClF2N5O4. The number of nitrogens with zero attached hydrogens (tertiary/aromatic N) is 3. The number of benzene rings is 1. The van der Waals surface area contributed by atoms with Crippen LogP contribution in [0.5, 0.6) is 0 Å². The second kappa shape index (κ2) is 10.8. The van der Waals surface area contributed by atoms with Gasteiger partial charge in [-0.3, -0.25) is 14.2 Å². The van der Waals surface area contributed by atoms with E-state index in [4.69, 9.17) is 16.3 Å². The van der Waals surface area contributed by atoms with Gasteiger partial charge in [0.15, 0.2) is 11.6 Å². The fourth-order valence-electron chi connectivity index (χ4n) is 3.92. The highest BCUT2D eigenvalue weighted by atomic mass is 35.5. The summed E-state index contributed by atoms with van der Waals surface area (Å²) in [5.74, 6) is -2.47. The van der Waals surface area contributed by atoms with Crippen molar-refractivity contribution < 1.29 is 23.1 Å². The molecular weight excluding hydrogens is 496 g/mol. The van der Waals surface area contributed by atoms with Crippen LogP contribution >= 0.6 is 11.6 Å². The number of nitrogens with one attached hydrogen (secondary N) is 2. The molecule has 3 amide bonds. The van der Waals surface area contributed by atoms with Gasteiger partial charge in [0.2, 0.25) is 5.91 Å². The average Bonchev–Trinajstić information content (AvgIpc) is 3.27. The number of urea groups is 1. The summed E-state index contributed by atoms with van der Waals surface area (Å²) in [6, 6.07) is 7.35. The normalized spacial score (nSPS) is 17.2. The Bertz CT molecular complexity index is 1310. The summed E-state index contributed by atoms with van der Waals surface area (Å²) in [5.41, 5.74) is -1.22. The third-order valence-corrected chi connectivity index (χ3v) is 5.79. The van der Waals surface area contributed by atoms with E-state index in [1.807, 2.05) is 0 Å². The molecule has 2 aromatic heterocycles.